The molecule has 0 fully saturated rings. The van der Waals surface area contributed by atoms with Gasteiger partial charge in [0.25, 0.3) is 0 Å². The van der Waals surface area contributed by atoms with Gasteiger partial charge in [0.05, 0.1) is 22.1 Å². The minimum Gasteiger partial charge on any atom is -0.423 e. The molecule has 0 aliphatic rings. The average molecular weight is 1660 g/mol. The van der Waals surface area contributed by atoms with Gasteiger partial charge in [0.1, 0.15) is 11.6 Å². The van der Waals surface area contributed by atoms with Crippen LogP contribution in [0.2, 0.25) is 0 Å². The van der Waals surface area contributed by atoms with Gasteiger partial charge in [0, 0.05) is 27.0 Å². The SMILES string of the molecule is Brc1ccc(-c2nc3ccccc3n2-c2ccccc2)cc1.C.OB(O)c1cc2ccc3ccccc3c2c2ccccc12.c1ccc(-n2c(-c3ccc(-c4cc5ccc6ccccc6c5c5ccccc45)cc3)nc3ccccc32)cc1.c1ccc2cc(-c3c4ccccc4c(-c4cc5ccc6ccccc6c5c5ccccc45)c4ccccc34)ccc2c1. The molecule has 0 saturated heterocycles. The number of fused-ring (bicyclic) bond motifs is 20. The predicted molar refractivity (Wildman–Crippen MR) is 537 cm³/mol. The van der Waals surface area contributed by atoms with E-state index in [1.807, 2.05) is 84.9 Å². The van der Waals surface area contributed by atoms with Crippen molar-refractivity contribution < 1.29 is 10.0 Å². The first kappa shape index (κ1) is 76.9. The summed E-state index contributed by atoms with van der Waals surface area (Å²) in [7, 11) is -1.47. The first-order valence-corrected chi connectivity index (χ1v) is 42.8. The van der Waals surface area contributed by atoms with Gasteiger partial charge in [-0.1, -0.05) is 393 Å². The van der Waals surface area contributed by atoms with Gasteiger partial charge >= 0.3 is 7.12 Å². The van der Waals surface area contributed by atoms with Crippen molar-refractivity contribution in [2.45, 2.75) is 7.43 Å². The van der Waals surface area contributed by atoms with Crippen molar-refractivity contribution in [2.75, 3.05) is 0 Å². The summed E-state index contributed by atoms with van der Waals surface area (Å²) in [5.41, 5.74) is 16.8. The van der Waals surface area contributed by atoms with Crippen molar-refractivity contribution in [3.63, 3.8) is 0 Å². The number of hydrogen-bond donors (Lipinski definition) is 2. The standard InChI is InChI=1S/C42H26.C37H24N2.C19H13BrN2.C18H13BO2.CH4/c1-2-13-29-25-30(23-21-27(29)11-1)41-35-17-7-9-19-37(35)42(38-20-10-8-18-36(38)41)39-26-31-24-22-28-12-3-4-14-32(28)40(31)34-16-6-5-15-33(34)39;1-2-11-29(12-3-1)39-35-17-9-8-16-34(35)38-37(39)27-21-18-26(19-22-27)33-24-28-23-20-25-10-4-5-13-30(25)36(28)32-15-7-6-14-31(32)33;20-15-12-10-14(11-13-15)19-21-17-8-4-5-9-18(17)22(19)16-6-2-1-3-7-16;20-19(21)17-11-13-10-9-12-5-1-2-6-14(12)18(13)16-8-4-3-7-15(16)17;/h1-26H;1-24H;1-13H;1-11,20-21H;1H4. The number of hydrogen-bond acceptors (Lipinski definition) is 4. The van der Waals surface area contributed by atoms with Gasteiger partial charge in [-0.25, -0.2) is 9.97 Å². The molecule has 0 bridgehead atoms. The zero-order valence-electron chi connectivity index (χ0n) is 67.4. The highest BCUT2D eigenvalue weighted by Gasteiger charge is 2.24. The van der Waals surface area contributed by atoms with Crippen molar-refractivity contribution >= 4 is 180 Å². The molecule has 2 heterocycles. The quantitative estimate of drug-likeness (QED) is 0.0903. The van der Waals surface area contributed by atoms with Crippen LogP contribution in [0.25, 0.3) is 219 Å². The average Bonchev–Trinajstić information content (AvgIpc) is 1.46. The first-order valence-electron chi connectivity index (χ1n) is 42.0. The van der Waals surface area contributed by atoms with E-state index >= 15 is 0 Å². The smallest absolute Gasteiger partial charge is 0.423 e. The third-order valence-electron chi connectivity index (χ3n) is 24.5. The summed E-state index contributed by atoms with van der Waals surface area (Å²) in [6.45, 7) is 0. The minimum atomic E-state index is -1.47. The summed E-state index contributed by atoms with van der Waals surface area (Å²) in [4.78, 5) is 9.88. The first-order chi connectivity index (χ1) is 61.3. The lowest BCUT2D eigenvalue weighted by molar-refractivity contribution is 0.426. The number of nitrogens with zero attached hydrogens (tertiary/aromatic N) is 4. The van der Waals surface area contributed by atoms with Crippen LogP contribution in [-0.2, 0) is 0 Å². The summed E-state index contributed by atoms with van der Waals surface area (Å²) >= 11 is 3.49. The molecule has 0 spiro atoms. The molecule has 125 heavy (non-hydrogen) atoms. The molecule has 0 unspecified atom stereocenters. The number of benzene rings is 23. The normalized spacial score (nSPS) is 11.4. The Bertz CT molecular complexity index is 8420. The Labute approximate surface area is 732 Å². The Morgan fingerprint density at radius 3 is 1.00 bits per heavy atom. The van der Waals surface area contributed by atoms with Crippen molar-refractivity contribution in [1.29, 1.82) is 0 Å². The fourth-order valence-corrected chi connectivity index (χ4v) is 19.2. The highest BCUT2D eigenvalue weighted by molar-refractivity contribution is 9.10. The number of halogens is 1. The van der Waals surface area contributed by atoms with E-state index in [1.54, 1.807) is 0 Å². The van der Waals surface area contributed by atoms with Crippen LogP contribution in [-0.4, -0.2) is 36.3 Å². The molecule has 0 aliphatic carbocycles. The van der Waals surface area contributed by atoms with Gasteiger partial charge in [-0.3, -0.25) is 9.13 Å². The lowest BCUT2D eigenvalue weighted by Gasteiger charge is -2.20. The molecule has 25 aromatic rings. The van der Waals surface area contributed by atoms with E-state index in [0.29, 0.717) is 5.46 Å². The fourth-order valence-electron chi connectivity index (χ4n) is 18.9. The number of aromatic nitrogens is 4. The number of rotatable bonds is 8. The Morgan fingerprint density at radius 1 is 0.224 bits per heavy atom. The van der Waals surface area contributed by atoms with E-state index in [0.717, 1.165) is 82.2 Å². The number of para-hydroxylation sites is 6. The highest BCUT2D eigenvalue weighted by atomic mass is 79.9. The van der Waals surface area contributed by atoms with Gasteiger partial charge in [-0.2, -0.15) is 0 Å². The Hall–Kier alpha value is -15.4. The second kappa shape index (κ2) is 32.9. The van der Waals surface area contributed by atoms with Crippen LogP contribution >= 0.6 is 15.9 Å². The van der Waals surface area contributed by atoms with Gasteiger partial charge in [-0.15, -0.1) is 0 Å². The highest BCUT2D eigenvalue weighted by Crippen LogP contribution is 2.49. The van der Waals surface area contributed by atoms with Gasteiger partial charge in [-0.05, 0) is 247 Å². The van der Waals surface area contributed by atoms with E-state index < -0.39 is 7.12 Å². The van der Waals surface area contributed by atoms with Crippen LogP contribution in [0.3, 0.4) is 0 Å². The molecule has 25 rings (SSSR count). The maximum Gasteiger partial charge on any atom is 0.489 e. The van der Waals surface area contributed by atoms with E-state index in [2.05, 4.69) is 389 Å². The summed E-state index contributed by atoms with van der Waals surface area (Å²) in [5, 5.41) is 48.9. The number of imidazole rings is 2. The zero-order chi connectivity index (χ0) is 82.7. The largest absolute Gasteiger partial charge is 0.489 e. The maximum absolute atomic E-state index is 9.65. The monoisotopic (exact) mass is 1660 g/mol. The molecule has 2 aromatic heterocycles. The predicted octanol–water partition coefficient (Wildman–Crippen LogP) is 30.7. The third-order valence-corrected chi connectivity index (χ3v) is 25.0. The molecule has 2 N–H and O–H groups in total. The van der Waals surface area contributed by atoms with Crippen LogP contribution in [0.5, 0.6) is 0 Å². The molecular formula is C117H80BBrN4O2. The summed E-state index contributed by atoms with van der Waals surface area (Å²) in [5.74, 6) is 1.91. The van der Waals surface area contributed by atoms with Gasteiger partial charge in [0.2, 0.25) is 0 Å². The van der Waals surface area contributed by atoms with Gasteiger partial charge < -0.3 is 10.0 Å². The van der Waals surface area contributed by atoms with Crippen LogP contribution in [0.4, 0.5) is 0 Å². The van der Waals surface area contributed by atoms with E-state index in [9.17, 15) is 10.0 Å². The van der Waals surface area contributed by atoms with E-state index in [1.165, 1.54) is 141 Å². The molecule has 0 amide bonds. The molecule has 0 radical (unpaired) electrons. The van der Waals surface area contributed by atoms with Crippen molar-refractivity contribution in [3.8, 4) is 67.5 Å². The Morgan fingerprint density at radius 2 is 0.536 bits per heavy atom. The van der Waals surface area contributed by atoms with Crippen LogP contribution < -0.4 is 5.46 Å². The summed E-state index contributed by atoms with van der Waals surface area (Å²) in [6.07, 6.45) is 0. The van der Waals surface area contributed by atoms with Crippen LogP contribution in [0, 0.1) is 0 Å². The van der Waals surface area contributed by atoms with Crippen molar-refractivity contribution in [2.24, 2.45) is 0 Å². The third kappa shape index (κ3) is 13.9. The fraction of sp³-hybridized carbons (Fsp3) is 0.00855. The van der Waals surface area contributed by atoms with E-state index in [4.69, 9.17) is 9.97 Å². The Kier molecular flexibility index (Phi) is 20.2. The lowest BCUT2D eigenvalue weighted by Crippen LogP contribution is -2.30. The molecule has 23 aromatic carbocycles. The molecule has 0 aliphatic heterocycles. The lowest BCUT2D eigenvalue weighted by atomic mass is 9.75. The molecule has 6 nitrogen and oxygen atoms in total. The van der Waals surface area contributed by atoms with Crippen molar-refractivity contribution in [3.05, 3.63) is 453 Å². The summed E-state index contributed by atoms with van der Waals surface area (Å²) < 4.78 is 5.53. The van der Waals surface area contributed by atoms with Crippen molar-refractivity contribution in [1.82, 2.24) is 19.1 Å². The zero-order valence-corrected chi connectivity index (χ0v) is 68.9. The second-order valence-corrected chi connectivity index (χ2v) is 32.6. The second-order valence-electron chi connectivity index (χ2n) is 31.7. The van der Waals surface area contributed by atoms with E-state index in [-0.39, 0.29) is 7.43 Å². The van der Waals surface area contributed by atoms with Crippen LogP contribution in [0.1, 0.15) is 7.43 Å². The maximum atomic E-state index is 9.65. The molecule has 0 saturated carbocycles. The minimum absolute atomic E-state index is 0. The molecule has 590 valence electrons. The summed E-state index contributed by atoms with van der Waals surface area (Å²) in [6, 6.07) is 159. The van der Waals surface area contributed by atoms with Crippen LogP contribution in [0.15, 0.2) is 453 Å². The molecule has 8 heteroatoms. The molecule has 0 atom stereocenters. The Balaban J connectivity index is 0.000000106. The topological polar surface area (TPSA) is 76.1 Å². The molecular weight excluding hydrogens is 1580 g/mol. The van der Waals surface area contributed by atoms with Gasteiger partial charge in [0.15, 0.2) is 0 Å².